The molecule has 126 valence electrons. The molecule has 1 aliphatic rings. The van der Waals surface area contributed by atoms with Crippen molar-refractivity contribution in [1.82, 2.24) is 0 Å². The second kappa shape index (κ2) is 6.32. The van der Waals surface area contributed by atoms with E-state index in [9.17, 15) is 8.42 Å². The number of aryl methyl sites for hydroxylation is 1. The first kappa shape index (κ1) is 16.6. The Kier molecular flexibility index (Phi) is 4.37. The van der Waals surface area contributed by atoms with Gasteiger partial charge in [0.1, 0.15) is 5.75 Å². The number of anilines is 1. The smallest absolute Gasteiger partial charge is 0.261 e. The van der Waals surface area contributed by atoms with Gasteiger partial charge in [0.25, 0.3) is 10.0 Å². The average molecular weight is 343 g/mol. The predicted molar refractivity (Wildman–Crippen MR) is 96.2 cm³/mol. The highest BCUT2D eigenvalue weighted by Gasteiger charge is 2.23. The summed E-state index contributed by atoms with van der Waals surface area (Å²) in [6.07, 6.45) is 4.92. The second-order valence-electron chi connectivity index (χ2n) is 6.05. The first-order valence-corrected chi connectivity index (χ1v) is 9.36. The van der Waals surface area contributed by atoms with Gasteiger partial charge in [-0.1, -0.05) is 36.8 Å². The number of hydrogen-bond acceptors (Lipinski definition) is 3. The van der Waals surface area contributed by atoms with Crippen LogP contribution in [0, 0.1) is 6.92 Å². The first-order valence-electron chi connectivity index (χ1n) is 7.88. The number of ether oxygens (including phenoxy) is 1. The minimum absolute atomic E-state index is 0.125. The number of benzene rings is 2. The predicted octanol–water partition coefficient (Wildman–Crippen LogP) is 4.02. The number of fused-ring (bicyclic) bond motifs is 1. The lowest BCUT2D eigenvalue weighted by molar-refractivity contribution is 0.409. The van der Waals surface area contributed by atoms with Gasteiger partial charge in [-0.2, -0.15) is 0 Å². The van der Waals surface area contributed by atoms with Crippen LogP contribution in [0.3, 0.4) is 0 Å². The van der Waals surface area contributed by atoms with Crippen molar-refractivity contribution >= 4 is 15.7 Å². The normalized spacial score (nSPS) is 16.5. The highest BCUT2D eigenvalue weighted by molar-refractivity contribution is 7.92. The van der Waals surface area contributed by atoms with Gasteiger partial charge < -0.3 is 4.74 Å². The van der Waals surface area contributed by atoms with Gasteiger partial charge in [-0.3, -0.25) is 4.72 Å². The molecule has 1 atom stereocenters. The van der Waals surface area contributed by atoms with Gasteiger partial charge in [-0.15, -0.1) is 0 Å². The van der Waals surface area contributed by atoms with E-state index in [4.69, 9.17) is 4.74 Å². The Labute approximate surface area is 143 Å². The third-order valence-electron chi connectivity index (χ3n) is 4.31. The van der Waals surface area contributed by atoms with Gasteiger partial charge in [-0.05, 0) is 43.2 Å². The zero-order valence-electron chi connectivity index (χ0n) is 14.0. The minimum Gasteiger partial charge on any atom is -0.496 e. The molecule has 3 rings (SSSR count). The van der Waals surface area contributed by atoms with E-state index in [0.717, 1.165) is 28.9 Å². The molecule has 0 spiro atoms. The summed E-state index contributed by atoms with van der Waals surface area (Å²) in [5, 5.41) is 0. The number of sulfonamides is 1. The molecule has 0 heterocycles. The Morgan fingerprint density at radius 1 is 1.12 bits per heavy atom. The molecule has 1 N–H and O–H groups in total. The Morgan fingerprint density at radius 3 is 2.50 bits per heavy atom. The van der Waals surface area contributed by atoms with Crippen molar-refractivity contribution in [3.63, 3.8) is 0 Å². The van der Waals surface area contributed by atoms with Crippen LogP contribution in [0.15, 0.2) is 53.4 Å². The summed E-state index contributed by atoms with van der Waals surface area (Å²) in [5.74, 6) is 0.916. The fourth-order valence-electron chi connectivity index (χ4n) is 3.06. The third kappa shape index (κ3) is 3.04. The van der Waals surface area contributed by atoms with E-state index >= 15 is 0 Å². The van der Waals surface area contributed by atoms with Crippen molar-refractivity contribution in [1.29, 1.82) is 0 Å². The second-order valence-corrected chi connectivity index (χ2v) is 7.73. The zero-order chi connectivity index (χ0) is 17.3. The van der Waals surface area contributed by atoms with Crippen molar-refractivity contribution in [2.45, 2.75) is 31.1 Å². The molecule has 0 amide bonds. The fourth-order valence-corrected chi connectivity index (χ4v) is 4.14. The molecule has 24 heavy (non-hydrogen) atoms. The molecule has 1 unspecified atom stereocenters. The van der Waals surface area contributed by atoms with Gasteiger partial charge in [0.2, 0.25) is 0 Å². The molecule has 4 nitrogen and oxygen atoms in total. The first-order chi connectivity index (χ1) is 11.4. The minimum atomic E-state index is -3.62. The summed E-state index contributed by atoms with van der Waals surface area (Å²) in [6, 6.07) is 10.4. The number of allylic oxidation sites excluding steroid dienone is 2. The Morgan fingerprint density at radius 2 is 1.83 bits per heavy atom. The molecule has 0 aromatic heterocycles. The number of nitrogens with one attached hydrogen (secondary N) is 1. The number of rotatable bonds is 4. The summed E-state index contributed by atoms with van der Waals surface area (Å²) in [6.45, 7) is 3.98. The summed E-state index contributed by atoms with van der Waals surface area (Å²) in [7, 11) is -1.99. The van der Waals surface area contributed by atoms with Crippen LogP contribution in [0.25, 0.3) is 0 Å². The quantitative estimate of drug-likeness (QED) is 0.853. The Bertz CT molecular complexity index is 884. The average Bonchev–Trinajstić information content (AvgIpc) is 2.55. The summed E-state index contributed by atoms with van der Waals surface area (Å²) in [5.41, 5.74) is 3.65. The number of hydrogen-bond donors (Lipinski definition) is 1. The third-order valence-corrected chi connectivity index (χ3v) is 5.69. The van der Waals surface area contributed by atoms with Gasteiger partial charge in [0.15, 0.2) is 0 Å². The molecular formula is C19H21NO3S. The molecule has 2 aromatic rings. The SMILES string of the molecule is COc1ccc(NS(=O)(=O)c2ccc(C)cc2)c2c1CC=CC2C. The lowest BCUT2D eigenvalue weighted by Crippen LogP contribution is -2.16. The number of methoxy groups -OCH3 is 1. The molecule has 0 bridgehead atoms. The maximum absolute atomic E-state index is 12.7. The lowest BCUT2D eigenvalue weighted by Gasteiger charge is -2.24. The van der Waals surface area contributed by atoms with Crippen molar-refractivity contribution in [3.05, 3.63) is 65.2 Å². The Hall–Kier alpha value is -2.27. The van der Waals surface area contributed by atoms with Crippen molar-refractivity contribution in [2.75, 3.05) is 11.8 Å². The van der Waals surface area contributed by atoms with Crippen LogP contribution in [0.1, 0.15) is 29.5 Å². The molecule has 0 aliphatic heterocycles. The molecule has 1 aliphatic carbocycles. The van der Waals surface area contributed by atoms with Gasteiger partial charge in [-0.25, -0.2) is 8.42 Å². The van der Waals surface area contributed by atoms with E-state index in [-0.39, 0.29) is 10.8 Å². The standard InChI is InChI=1S/C19H21NO3S/c1-13-7-9-15(10-8-13)24(21,22)20-17-11-12-18(23-3)16-6-4-5-14(2)19(16)17/h4-5,7-12,14,20H,6H2,1-3H3. The van der Waals surface area contributed by atoms with E-state index in [1.807, 2.05) is 13.0 Å². The molecule has 0 fully saturated rings. The topological polar surface area (TPSA) is 55.4 Å². The highest BCUT2D eigenvalue weighted by Crippen LogP contribution is 2.39. The summed E-state index contributed by atoms with van der Waals surface area (Å²) in [4.78, 5) is 0.261. The largest absolute Gasteiger partial charge is 0.496 e. The van der Waals surface area contributed by atoms with Crippen LogP contribution >= 0.6 is 0 Å². The van der Waals surface area contributed by atoms with E-state index in [1.165, 1.54) is 0 Å². The molecule has 5 heteroatoms. The van der Waals surface area contributed by atoms with Crippen molar-refractivity contribution in [3.8, 4) is 5.75 Å². The van der Waals surface area contributed by atoms with Crippen LogP contribution in [-0.4, -0.2) is 15.5 Å². The molecule has 0 saturated carbocycles. The van der Waals surface area contributed by atoms with E-state index in [1.54, 1.807) is 37.4 Å². The van der Waals surface area contributed by atoms with Crippen molar-refractivity contribution < 1.29 is 13.2 Å². The van der Waals surface area contributed by atoms with Crippen LogP contribution in [0.2, 0.25) is 0 Å². The van der Waals surface area contributed by atoms with Crippen LogP contribution in [0.5, 0.6) is 5.75 Å². The summed E-state index contributed by atoms with van der Waals surface area (Å²) < 4.78 is 33.6. The molecule has 2 aromatic carbocycles. The van der Waals surface area contributed by atoms with Crippen LogP contribution < -0.4 is 9.46 Å². The Balaban J connectivity index is 2.03. The van der Waals surface area contributed by atoms with Crippen LogP contribution in [0.4, 0.5) is 5.69 Å². The van der Waals surface area contributed by atoms with E-state index in [0.29, 0.717) is 5.69 Å². The van der Waals surface area contributed by atoms with Gasteiger partial charge in [0, 0.05) is 11.5 Å². The maximum atomic E-state index is 12.7. The fraction of sp³-hybridized carbons (Fsp3) is 0.263. The van der Waals surface area contributed by atoms with Crippen LogP contribution in [-0.2, 0) is 16.4 Å². The van der Waals surface area contributed by atoms with Gasteiger partial charge in [0.05, 0.1) is 17.7 Å². The van der Waals surface area contributed by atoms with E-state index in [2.05, 4.69) is 23.8 Å². The highest BCUT2D eigenvalue weighted by atomic mass is 32.2. The van der Waals surface area contributed by atoms with Gasteiger partial charge >= 0.3 is 0 Å². The molecule has 0 saturated heterocycles. The monoisotopic (exact) mass is 343 g/mol. The van der Waals surface area contributed by atoms with E-state index < -0.39 is 10.0 Å². The van der Waals surface area contributed by atoms with Crippen molar-refractivity contribution in [2.24, 2.45) is 0 Å². The zero-order valence-corrected chi connectivity index (χ0v) is 14.9. The summed E-state index contributed by atoms with van der Waals surface area (Å²) >= 11 is 0. The molecule has 0 radical (unpaired) electrons. The molecular weight excluding hydrogens is 322 g/mol. The lowest BCUT2D eigenvalue weighted by atomic mass is 9.87. The maximum Gasteiger partial charge on any atom is 0.261 e.